The van der Waals surface area contributed by atoms with E-state index in [0.29, 0.717) is 23.7 Å². The molecule has 0 radical (unpaired) electrons. The van der Waals surface area contributed by atoms with Crippen LogP contribution in [0, 0.1) is 13.8 Å². The number of nitrogens with one attached hydrogen (secondary N) is 1. The van der Waals surface area contributed by atoms with E-state index in [-0.39, 0.29) is 12.5 Å². The lowest BCUT2D eigenvalue weighted by atomic mass is 10.1. The zero-order valence-electron chi connectivity index (χ0n) is 19.8. The number of benzene rings is 2. The number of amides is 2. The van der Waals surface area contributed by atoms with Crippen LogP contribution in [-0.2, 0) is 26.2 Å². The summed E-state index contributed by atoms with van der Waals surface area (Å²) in [5.41, 5.74) is 2.98. The van der Waals surface area contributed by atoms with Gasteiger partial charge in [0.1, 0.15) is 12.6 Å². The van der Waals surface area contributed by atoms with Crippen molar-refractivity contribution in [2.24, 2.45) is 0 Å². The fourth-order valence-corrected chi connectivity index (χ4v) is 4.67. The highest BCUT2D eigenvalue weighted by atomic mass is 35.5. The Kier molecular flexibility index (Phi) is 9.31. The lowest BCUT2D eigenvalue weighted by molar-refractivity contribution is -0.140. The van der Waals surface area contributed by atoms with Crippen molar-refractivity contribution in [3.05, 3.63) is 64.2 Å². The van der Waals surface area contributed by atoms with Gasteiger partial charge in [-0.25, -0.2) is 8.42 Å². The molecular formula is C24H32ClN3O4S. The summed E-state index contributed by atoms with van der Waals surface area (Å²) in [6, 6.07) is 11.6. The molecule has 1 N–H and O–H groups in total. The minimum atomic E-state index is -3.75. The van der Waals surface area contributed by atoms with E-state index in [1.807, 2.05) is 26.8 Å². The zero-order valence-corrected chi connectivity index (χ0v) is 21.3. The Morgan fingerprint density at radius 2 is 1.61 bits per heavy atom. The van der Waals surface area contributed by atoms with E-state index in [9.17, 15) is 18.0 Å². The zero-order chi connectivity index (χ0) is 24.8. The van der Waals surface area contributed by atoms with Crippen molar-refractivity contribution in [1.82, 2.24) is 10.2 Å². The van der Waals surface area contributed by atoms with Crippen LogP contribution in [0.1, 0.15) is 37.0 Å². The second-order valence-electron chi connectivity index (χ2n) is 8.08. The molecule has 2 amide bonds. The molecule has 0 aliphatic heterocycles. The smallest absolute Gasteiger partial charge is 0.244 e. The van der Waals surface area contributed by atoms with Gasteiger partial charge >= 0.3 is 0 Å². The summed E-state index contributed by atoms with van der Waals surface area (Å²) in [5.74, 6) is -0.743. The molecule has 180 valence electrons. The van der Waals surface area contributed by atoms with Gasteiger partial charge < -0.3 is 10.2 Å². The largest absolute Gasteiger partial charge is 0.355 e. The lowest BCUT2D eigenvalue weighted by Gasteiger charge is -2.33. The Balaban J connectivity index is 2.45. The molecule has 2 rings (SSSR count). The standard InChI is InChI=1S/C24H32ClN3O4S/c1-6-22(24(30)26-7-2)27(15-19-8-10-20(25)11-9-19)23(29)16-28(33(5,31)32)21-13-17(3)12-18(4)14-21/h8-14,22H,6-7,15-16H2,1-5H3,(H,26,30)/t22-/m1/s1. The molecule has 2 aromatic carbocycles. The fourth-order valence-electron chi connectivity index (χ4n) is 3.71. The molecule has 0 unspecified atom stereocenters. The average Bonchev–Trinajstić information content (AvgIpc) is 2.71. The minimum absolute atomic E-state index is 0.149. The average molecular weight is 494 g/mol. The Morgan fingerprint density at radius 3 is 2.09 bits per heavy atom. The van der Waals surface area contributed by atoms with Gasteiger partial charge in [-0.3, -0.25) is 13.9 Å². The van der Waals surface area contributed by atoms with Crippen molar-refractivity contribution < 1.29 is 18.0 Å². The van der Waals surface area contributed by atoms with Crippen LogP contribution >= 0.6 is 11.6 Å². The summed E-state index contributed by atoms with van der Waals surface area (Å²) in [5, 5.41) is 3.33. The van der Waals surface area contributed by atoms with Crippen LogP contribution in [-0.4, -0.2) is 50.5 Å². The molecule has 2 aromatic rings. The topological polar surface area (TPSA) is 86.8 Å². The lowest BCUT2D eigenvalue weighted by Crippen LogP contribution is -2.52. The Bertz CT molecular complexity index is 1070. The first-order chi connectivity index (χ1) is 15.5. The number of carbonyl (C=O) groups is 2. The van der Waals surface area contributed by atoms with E-state index in [0.717, 1.165) is 27.3 Å². The van der Waals surface area contributed by atoms with Crippen LogP contribution in [0.5, 0.6) is 0 Å². The summed E-state index contributed by atoms with van der Waals surface area (Å²) in [7, 11) is -3.75. The molecule has 33 heavy (non-hydrogen) atoms. The van der Waals surface area contributed by atoms with Crippen molar-refractivity contribution in [3.63, 3.8) is 0 Å². The number of hydrogen-bond donors (Lipinski definition) is 1. The predicted octanol–water partition coefficient (Wildman–Crippen LogP) is 3.67. The molecule has 0 aliphatic carbocycles. The minimum Gasteiger partial charge on any atom is -0.355 e. The van der Waals surface area contributed by atoms with Gasteiger partial charge in [0.2, 0.25) is 21.8 Å². The molecule has 7 nitrogen and oxygen atoms in total. The molecule has 0 fully saturated rings. The summed E-state index contributed by atoms with van der Waals surface area (Å²) in [4.78, 5) is 27.7. The number of sulfonamides is 1. The fraction of sp³-hybridized carbons (Fsp3) is 0.417. The van der Waals surface area contributed by atoms with E-state index in [2.05, 4.69) is 5.32 Å². The van der Waals surface area contributed by atoms with Gasteiger partial charge in [0, 0.05) is 18.1 Å². The van der Waals surface area contributed by atoms with E-state index in [1.54, 1.807) is 43.3 Å². The maximum Gasteiger partial charge on any atom is 0.244 e. The molecule has 0 spiro atoms. The van der Waals surface area contributed by atoms with Gasteiger partial charge in [-0.2, -0.15) is 0 Å². The number of hydrogen-bond acceptors (Lipinski definition) is 4. The molecule has 0 saturated carbocycles. The summed E-state index contributed by atoms with van der Waals surface area (Å²) in [6.07, 6.45) is 1.45. The molecule has 1 atom stereocenters. The van der Waals surface area contributed by atoms with Gasteiger partial charge in [0.15, 0.2) is 0 Å². The SMILES string of the molecule is CCNC(=O)[C@@H](CC)N(Cc1ccc(Cl)cc1)C(=O)CN(c1cc(C)cc(C)c1)S(C)(=O)=O. The number of nitrogens with zero attached hydrogens (tertiary/aromatic N) is 2. The van der Waals surface area contributed by atoms with Crippen LogP contribution < -0.4 is 9.62 Å². The molecule has 0 aliphatic rings. The summed E-state index contributed by atoms with van der Waals surface area (Å²) in [6.45, 7) is 7.53. The third kappa shape index (κ3) is 7.47. The van der Waals surface area contributed by atoms with Gasteiger partial charge in [-0.1, -0.05) is 36.7 Å². The number of likely N-dealkylation sites (N-methyl/N-ethyl adjacent to an activating group) is 1. The van der Waals surface area contributed by atoms with Crippen molar-refractivity contribution >= 4 is 39.1 Å². The maximum atomic E-state index is 13.5. The highest BCUT2D eigenvalue weighted by Gasteiger charge is 2.31. The molecule has 0 heterocycles. The van der Waals surface area contributed by atoms with Crippen LogP contribution in [0.25, 0.3) is 0 Å². The van der Waals surface area contributed by atoms with Crippen molar-refractivity contribution in [2.45, 2.75) is 46.7 Å². The quantitative estimate of drug-likeness (QED) is 0.547. The number of aryl methyl sites for hydroxylation is 2. The van der Waals surface area contributed by atoms with Crippen molar-refractivity contribution in [2.75, 3.05) is 23.7 Å². The molecule has 9 heteroatoms. The second-order valence-corrected chi connectivity index (χ2v) is 10.4. The molecule has 0 aromatic heterocycles. The Morgan fingerprint density at radius 1 is 1.03 bits per heavy atom. The highest BCUT2D eigenvalue weighted by Crippen LogP contribution is 2.23. The number of anilines is 1. The third-order valence-electron chi connectivity index (χ3n) is 5.18. The van der Waals surface area contributed by atoms with Gasteiger partial charge in [0.05, 0.1) is 11.9 Å². The number of carbonyl (C=O) groups excluding carboxylic acids is 2. The Hall–Kier alpha value is -2.58. The predicted molar refractivity (Wildman–Crippen MR) is 133 cm³/mol. The molecule has 0 saturated heterocycles. The second kappa shape index (κ2) is 11.5. The van der Waals surface area contributed by atoms with Crippen molar-refractivity contribution in [1.29, 1.82) is 0 Å². The summed E-state index contributed by atoms with van der Waals surface area (Å²) >= 11 is 5.99. The van der Waals surface area contributed by atoms with Crippen LogP contribution in [0.3, 0.4) is 0 Å². The van der Waals surface area contributed by atoms with Crippen LogP contribution in [0.4, 0.5) is 5.69 Å². The Labute approximate surface area is 201 Å². The van der Waals surface area contributed by atoms with Gasteiger partial charge in [0.25, 0.3) is 0 Å². The first-order valence-electron chi connectivity index (χ1n) is 10.8. The third-order valence-corrected chi connectivity index (χ3v) is 6.57. The first kappa shape index (κ1) is 26.7. The van der Waals surface area contributed by atoms with Gasteiger partial charge in [-0.05, 0) is 68.1 Å². The van der Waals surface area contributed by atoms with Gasteiger partial charge in [-0.15, -0.1) is 0 Å². The van der Waals surface area contributed by atoms with E-state index < -0.39 is 28.5 Å². The molecule has 0 bridgehead atoms. The van der Waals surface area contributed by atoms with Crippen LogP contribution in [0.2, 0.25) is 5.02 Å². The monoisotopic (exact) mass is 493 g/mol. The number of rotatable bonds is 10. The first-order valence-corrected chi connectivity index (χ1v) is 13.1. The van der Waals surface area contributed by atoms with E-state index in [1.165, 1.54) is 4.90 Å². The summed E-state index contributed by atoms with van der Waals surface area (Å²) < 4.78 is 26.4. The maximum absolute atomic E-state index is 13.5. The normalized spacial score (nSPS) is 12.2. The van der Waals surface area contributed by atoms with Crippen LogP contribution in [0.15, 0.2) is 42.5 Å². The molecular weight excluding hydrogens is 462 g/mol. The van der Waals surface area contributed by atoms with E-state index >= 15 is 0 Å². The van der Waals surface area contributed by atoms with Crippen molar-refractivity contribution in [3.8, 4) is 0 Å². The highest BCUT2D eigenvalue weighted by molar-refractivity contribution is 7.92. The number of halogens is 1. The van der Waals surface area contributed by atoms with E-state index in [4.69, 9.17) is 11.6 Å².